The summed E-state index contributed by atoms with van der Waals surface area (Å²) < 4.78 is 0. The number of hydrazine groups is 1. The van der Waals surface area contributed by atoms with Crippen LogP contribution in [0.15, 0.2) is 18.5 Å². The lowest BCUT2D eigenvalue weighted by Gasteiger charge is -2.29. The number of carbonyl (C=O) groups is 1. The number of nitrogens with one attached hydrogen (secondary N) is 2. The minimum atomic E-state index is -0.0946. The molecule has 0 aliphatic heterocycles. The third-order valence-electron chi connectivity index (χ3n) is 3.92. The highest BCUT2D eigenvalue weighted by Gasteiger charge is 2.23. The van der Waals surface area contributed by atoms with Crippen LogP contribution in [0.4, 0.5) is 5.69 Å². The van der Waals surface area contributed by atoms with Crippen molar-refractivity contribution >= 4 is 11.6 Å². The summed E-state index contributed by atoms with van der Waals surface area (Å²) in [6.45, 7) is 2.21. The molecular formula is C14H22N4O. The second-order valence-corrected chi connectivity index (χ2v) is 5.18. The fourth-order valence-corrected chi connectivity index (χ4v) is 2.76. The first-order chi connectivity index (χ1) is 9.24. The van der Waals surface area contributed by atoms with Crippen LogP contribution in [-0.2, 0) is 0 Å². The van der Waals surface area contributed by atoms with Crippen molar-refractivity contribution in [2.75, 3.05) is 5.43 Å². The molecule has 2 rings (SSSR count). The largest absolute Gasteiger partial charge is 0.349 e. The summed E-state index contributed by atoms with van der Waals surface area (Å²) >= 11 is 0. The van der Waals surface area contributed by atoms with Crippen molar-refractivity contribution in [1.82, 2.24) is 10.3 Å². The van der Waals surface area contributed by atoms with E-state index in [2.05, 4.69) is 22.7 Å². The van der Waals surface area contributed by atoms with E-state index >= 15 is 0 Å². The molecule has 1 aromatic rings. The van der Waals surface area contributed by atoms with Gasteiger partial charge in [0.2, 0.25) is 0 Å². The van der Waals surface area contributed by atoms with Gasteiger partial charge >= 0.3 is 0 Å². The van der Waals surface area contributed by atoms with E-state index in [0.717, 1.165) is 18.8 Å². The minimum absolute atomic E-state index is 0.0946. The molecule has 2 unspecified atom stereocenters. The Morgan fingerprint density at radius 1 is 1.53 bits per heavy atom. The number of pyridine rings is 1. The van der Waals surface area contributed by atoms with Crippen LogP contribution >= 0.6 is 0 Å². The summed E-state index contributed by atoms with van der Waals surface area (Å²) in [7, 11) is 0. The van der Waals surface area contributed by atoms with Crippen molar-refractivity contribution < 1.29 is 4.79 Å². The van der Waals surface area contributed by atoms with Gasteiger partial charge in [-0.05, 0) is 24.8 Å². The van der Waals surface area contributed by atoms with E-state index in [-0.39, 0.29) is 11.9 Å². The number of hydrogen-bond acceptors (Lipinski definition) is 4. The molecule has 104 valence electrons. The van der Waals surface area contributed by atoms with Crippen LogP contribution in [0, 0.1) is 5.92 Å². The highest BCUT2D eigenvalue weighted by atomic mass is 16.1. The minimum Gasteiger partial charge on any atom is -0.349 e. The number of amides is 1. The van der Waals surface area contributed by atoms with Crippen LogP contribution in [0.3, 0.4) is 0 Å². The topological polar surface area (TPSA) is 80.0 Å². The Morgan fingerprint density at radius 2 is 2.37 bits per heavy atom. The van der Waals surface area contributed by atoms with Crippen LogP contribution in [-0.4, -0.2) is 16.9 Å². The van der Waals surface area contributed by atoms with Gasteiger partial charge in [-0.2, -0.15) is 0 Å². The Bertz CT molecular complexity index is 435. The van der Waals surface area contributed by atoms with E-state index in [1.165, 1.54) is 19.3 Å². The molecule has 0 bridgehead atoms. The van der Waals surface area contributed by atoms with E-state index in [9.17, 15) is 4.79 Å². The third-order valence-corrected chi connectivity index (χ3v) is 3.92. The average molecular weight is 262 g/mol. The lowest BCUT2D eigenvalue weighted by Crippen LogP contribution is -2.38. The summed E-state index contributed by atoms with van der Waals surface area (Å²) in [6.07, 6.45) is 8.96. The Labute approximate surface area is 114 Å². The van der Waals surface area contributed by atoms with Gasteiger partial charge in [0, 0.05) is 18.4 Å². The van der Waals surface area contributed by atoms with Crippen molar-refractivity contribution in [2.45, 2.75) is 45.1 Å². The molecule has 0 spiro atoms. The Kier molecular flexibility index (Phi) is 4.74. The molecule has 0 aromatic carbocycles. The molecule has 1 saturated carbocycles. The smallest absolute Gasteiger partial charge is 0.255 e. The number of aromatic nitrogens is 1. The molecule has 1 amide bonds. The van der Waals surface area contributed by atoms with Crippen molar-refractivity contribution in [3.63, 3.8) is 0 Å². The molecule has 2 atom stereocenters. The zero-order valence-electron chi connectivity index (χ0n) is 11.4. The van der Waals surface area contributed by atoms with Crippen LogP contribution in [0.5, 0.6) is 0 Å². The van der Waals surface area contributed by atoms with Gasteiger partial charge < -0.3 is 10.7 Å². The summed E-state index contributed by atoms with van der Waals surface area (Å²) in [6, 6.07) is 1.97. The van der Waals surface area contributed by atoms with Gasteiger partial charge in [-0.3, -0.25) is 15.6 Å². The second-order valence-electron chi connectivity index (χ2n) is 5.18. The zero-order valence-corrected chi connectivity index (χ0v) is 11.4. The summed E-state index contributed by atoms with van der Waals surface area (Å²) in [4.78, 5) is 16.2. The van der Waals surface area contributed by atoms with Crippen molar-refractivity contribution in [3.8, 4) is 0 Å². The highest BCUT2D eigenvalue weighted by Crippen LogP contribution is 2.26. The zero-order chi connectivity index (χ0) is 13.7. The van der Waals surface area contributed by atoms with Crippen LogP contribution in [0.1, 0.15) is 49.4 Å². The van der Waals surface area contributed by atoms with Gasteiger partial charge in [0.05, 0.1) is 11.3 Å². The molecule has 0 saturated heterocycles. The fourth-order valence-electron chi connectivity index (χ4n) is 2.76. The number of anilines is 1. The summed E-state index contributed by atoms with van der Waals surface area (Å²) in [5.74, 6) is 6.05. The molecule has 1 heterocycles. The number of nitrogens with two attached hydrogens (primary N) is 1. The first-order valence-electron chi connectivity index (χ1n) is 6.96. The Balaban J connectivity index is 2.00. The molecule has 0 radical (unpaired) electrons. The lowest BCUT2D eigenvalue weighted by atomic mass is 9.84. The first kappa shape index (κ1) is 13.8. The van der Waals surface area contributed by atoms with E-state index in [0.29, 0.717) is 11.3 Å². The molecule has 4 N–H and O–H groups in total. The van der Waals surface area contributed by atoms with E-state index in [1.807, 2.05) is 0 Å². The molecule has 1 aliphatic carbocycles. The average Bonchev–Trinajstić information content (AvgIpc) is 2.47. The van der Waals surface area contributed by atoms with E-state index in [1.54, 1.807) is 18.5 Å². The molecule has 19 heavy (non-hydrogen) atoms. The maximum atomic E-state index is 12.2. The fraction of sp³-hybridized carbons (Fsp3) is 0.571. The monoisotopic (exact) mass is 262 g/mol. The number of rotatable bonds is 4. The third kappa shape index (κ3) is 3.44. The van der Waals surface area contributed by atoms with Gasteiger partial charge in [-0.25, -0.2) is 0 Å². The van der Waals surface area contributed by atoms with Gasteiger partial charge in [-0.1, -0.05) is 26.2 Å². The molecule has 1 fully saturated rings. The van der Waals surface area contributed by atoms with E-state index < -0.39 is 0 Å². The second kappa shape index (κ2) is 6.52. The normalized spacial score (nSPS) is 22.8. The van der Waals surface area contributed by atoms with Gasteiger partial charge in [0.25, 0.3) is 5.91 Å². The molecule has 5 heteroatoms. The van der Waals surface area contributed by atoms with Crippen molar-refractivity contribution in [3.05, 3.63) is 24.0 Å². The first-order valence-corrected chi connectivity index (χ1v) is 6.96. The maximum Gasteiger partial charge on any atom is 0.255 e. The molecule has 5 nitrogen and oxygen atoms in total. The number of carbonyl (C=O) groups excluding carboxylic acids is 1. The molecule has 1 aliphatic rings. The van der Waals surface area contributed by atoms with Crippen molar-refractivity contribution in [2.24, 2.45) is 11.8 Å². The molecule has 1 aromatic heterocycles. The van der Waals surface area contributed by atoms with Crippen LogP contribution in [0.25, 0.3) is 0 Å². The molecular weight excluding hydrogens is 240 g/mol. The number of nitrogens with zero attached hydrogens (tertiary/aromatic N) is 1. The number of nitrogen functional groups attached to an aromatic ring is 1. The predicted octanol–water partition coefficient (Wildman–Crippen LogP) is 2.07. The Hall–Kier alpha value is -1.62. The maximum absolute atomic E-state index is 12.2. The van der Waals surface area contributed by atoms with Gasteiger partial charge in [-0.15, -0.1) is 0 Å². The van der Waals surface area contributed by atoms with E-state index in [4.69, 9.17) is 5.84 Å². The lowest BCUT2D eigenvalue weighted by molar-refractivity contribution is 0.0919. The van der Waals surface area contributed by atoms with Gasteiger partial charge in [0.1, 0.15) is 0 Å². The number of hydrogen-bond donors (Lipinski definition) is 3. The summed E-state index contributed by atoms with van der Waals surface area (Å²) in [5.41, 5.74) is 3.64. The van der Waals surface area contributed by atoms with Gasteiger partial charge in [0.15, 0.2) is 0 Å². The quantitative estimate of drug-likeness (QED) is 0.573. The standard InChI is InChI=1S/C14H22N4O/c1-2-10-4-3-5-11(8-10)17-14(19)12-9-16-7-6-13(12)18-15/h6-7,9-11H,2-5,8,15H2,1H3,(H,16,18)(H,17,19). The predicted molar refractivity (Wildman–Crippen MR) is 75.6 cm³/mol. The van der Waals surface area contributed by atoms with Crippen LogP contribution < -0.4 is 16.6 Å². The van der Waals surface area contributed by atoms with Crippen molar-refractivity contribution in [1.29, 1.82) is 0 Å². The SMILES string of the molecule is CCC1CCCC(NC(=O)c2cnccc2NN)C1. The summed E-state index contributed by atoms with van der Waals surface area (Å²) in [5, 5.41) is 3.10. The van der Waals surface area contributed by atoms with Crippen LogP contribution in [0.2, 0.25) is 0 Å². The highest BCUT2D eigenvalue weighted by molar-refractivity contribution is 5.99. The Morgan fingerprint density at radius 3 is 3.11 bits per heavy atom.